The average Bonchev–Trinajstić information content (AvgIpc) is 3.44. The minimum absolute atomic E-state index is 0.127. The van der Waals surface area contributed by atoms with E-state index in [4.69, 9.17) is 16.9 Å². The van der Waals surface area contributed by atoms with Crippen molar-refractivity contribution >= 4 is 17.5 Å². The van der Waals surface area contributed by atoms with Crippen molar-refractivity contribution in [2.45, 2.75) is 57.5 Å². The average molecular weight is 399 g/mol. The molecule has 1 aromatic heterocycles. The summed E-state index contributed by atoms with van der Waals surface area (Å²) < 4.78 is 1.41. The normalized spacial score (nSPS) is 14.3. The van der Waals surface area contributed by atoms with Gasteiger partial charge in [0.05, 0.1) is 11.8 Å². The van der Waals surface area contributed by atoms with Crippen LogP contribution in [0, 0.1) is 11.3 Å². The Bertz CT molecular complexity index is 956. The molecule has 1 heterocycles. The number of amides is 1. The van der Waals surface area contributed by atoms with E-state index in [0.717, 1.165) is 24.8 Å². The molecule has 6 nitrogen and oxygen atoms in total. The van der Waals surface area contributed by atoms with E-state index in [9.17, 15) is 9.59 Å². The second kappa shape index (κ2) is 8.57. The largest absolute Gasteiger partial charge is 0.336 e. The van der Waals surface area contributed by atoms with E-state index in [1.165, 1.54) is 10.6 Å². The molecule has 146 valence electrons. The summed E-state index contributed by atoms with van der Waals surface area (Å²) in [5, 5.41) is 12.5. The van der Waals surface area contributed by atoms with Crippen LogP contribution in [0.15, 0.2) is 35.1 Å². The van der Waals surface area contributed by atoms with E-state index in [1.807, 2.05) is 12.1 Å². The molecule has 0 aliphatic heterocycles. The van der Waals surface area contributed by atoms with Crippen LogP contribution >= 0.6 is 11.6 Å². The molecule has 1 N–H and O–H groups in total. The molecule has 1 aromatic carbocycles. The molecule has 0 unspecified atom stereocenters. The number of aryl methyl sites for hydroxylation is 1. The van der Waals surface area contributed by atoms with Gasteiger partial charge in [-0.3, -0.25) is 14.2 Å². The van der Waals surface area contributed by atoms with Crippen LogP contribution in [0.3, 0.4) is 0 Å². The van der Waals surface area contributed by atoms with Gasteiger partial charge in [-0.2, -0.15) is 5.26 Å². The van der Waals surface area contributed by atoms with Gasteiger partial charge in [-0.25, -0.2) is 4.98 Å². The van der Waals surface area contributed by atoms with Gasteiger partial charge in [-0.15, -0.1) is 0 Å². The highest BCUT2D eigenvalue weighted by Gasteiger charge is 2.44. The maximum atomic E-state index is 12.8. The maximum absolute atomic E-state index is 12.8. The Labute approximate surface area is 169 Å². The predicted octanol–water partition coefficient (Wildman–Crippen LogP) is 3.47. The molecule has 3 rings (SSSR count). The van der Waals surface area contributed by atoms with Crippen molar-refractivity contribution < 1.29 is 4.79 Å². The molecule has 1 aliphatic rings. The van der Waals surface area contributed by atoms with Crippen molar-refractivity contribution in [3.63, 3.8) is 0 Å². The van der Waals surface area contributed by atoms with Gasteiger partial charge in [0.15, 0.2) is 0 Å². The quantitative estimate of drug-likeness (QED) is 0.689. The van der Waals surface area contributed by atoms with Crippen molar-refractivity contribution in [3.05, 3.63) is 51.5 Å². The van der Waals surface area contributed by atoms with Crippen LogP contribution < -0.4 is 10.9 Å². The first-order chi connectivity index (χ1) is 13.5. The minimum atomic E-state index is -0.750. The Morgan fingerprint density at radius 2 is 2.04 bits per heavy atom. The first kappa shape index (κ1) is 20.1. The molecule has 0 spiro atoms. The van der Waals surface area contributed by atoms with Crippen molar-refractivity contribution in [3.8, 4) is 17.3 Å². The summed E-state index contributed by atoms with van der Waals surface area (Å²) in [4.78, 5) is 29.8. The third-order valence-corrected chi connectivity index (χ3v) is 5.13. The molecule has 1 fully saturated rings. The number of halogens is 1. The van der Waals surface area contributed by atoms with Gasteiger partial charge in [-0.1, -0.05) is 43.5 Å². The maximum Gasteiger partial charge on any atom is 0.254 e. The zero-order chi connectivity index (χ0) is 20.1. The second-order valence-corrected chi connectivity index (χ2v) is 7.62. The molecule has 1 amide bonds. The molecular weight excluding hydrogens is 376 g/mol. The van der Waals surface area contributed by atoms with Crippen molar-refractivity contribution in [1.29, 1.82) is 5.26 Å². The zero-order valence-electron chi connectivity index (χ0n) is 15.9. The number of aromatic nitrogens is 2. The lowest BCUT2D eigenvalue weighted by Gasteiger charge is -2.15. The topological polar surface area (TPSA) is 87.8 Å². The molecule has 7 heteroatoms. The highest BCUT2D eigenvalue weighted by atomic mass is 35.5. The van der Waals surface area contributed by atoms with Crippen LogP contribution in [0.2, 0.25) is 5.02 Å². The molecule has 0 atom stereocenters. The van der Waals surface area contributed by atoms with Crippen LogP contribution in [0.1, 0.15) is 44.9 Å². The van der Waals surface area contributed by atoms with Crippen molar-refractivity contribution in [2.75, 3.05) is 0 Å². The minimum Gasteiger partial charge on any atom is -0.336 e. The van der Waals surface area contributed by atoms with Crippen LogP contribution in [0.5, 0.6) is 0 Å². The molecular formula is C21H23ClN4O2. The molecule has 0 saturated heterocycles. The van der Waals surface area contributed by atoms with Gasteiger partial charge >= 0.3 is 0 Å². The third-order valence-electron chi connectivity index (χ3n) is 4.88. The number of nitrogens with one attached hydrogen (secondary N) is 1. The van der Waals surface area contributed by atoms with Gasteiger partial charge < -0.3 is 5.32 Å². The van der Waals surface area contributed by atoms with Gasteiger partial charge in [0.2, 0.25) is 5.91 Å². The van der Waals surface area contributed by atoms with Crippen LogP contribution in [0.4, 0.5) is 0 Å². The van der Waals surface area contributed by atoms with Crippen molar-refractivity contribution in [2.24, 2.45) is 0 Å². The number of nitriles is 1. The van der Waals surface area contributed by atoms with E-state index in [1.54, 1.807) is 12.1 Å². The fraction of sp³-hybridized carbons (Fsp3) is 0.429. The van der Waals surface area contributed by atoms with Gasteiger partial charge in [0, 0.05) is 23.1 Å². The van der Waals surface area contributed by atoms with Gasteiger partial charge in [-0.05, 0) is 31.4 Å². The number of benzene rings is 1. The van der Waals surface area contributed by atoms with Crippen molar-refractivity contribution in [1.82, 2.24) is 14.9 Å². The van der Waals surface area contributed by atoms with E-state index in [0.29, 0.717) is 35.8 Å². The number of hydrogen-bond donors (Lipinski definition) is 1. The first-order valence-electron chi connectivity index (χ1n) is 9.55. The van der Waals surface area contributed by atoms with Crippen LogP contribution in [-0.2, 0) is 17.8 Å². The van der Waals surface area contributed by atoms with E-state index < -0.39 is 5.54 Å². The summed E-state index contributed by atoms with van der Waals surface area (Å²) in [5.41, 5.74) is 0.347. The van der Waals surface area contributed by atoms with Crippen LogP contribution in [-0.4, -0.2) is 21.0 Å². The monoisotopic (exact) mass is 398 g/mol. The Morgan fingerprint density at radius 3 is 2.64 bits per heavy atom. The van der Waals surface area contributed by atoms with Gasteiger partial charge in [0.25, 0.3) is 5.56 Å². The fourth-order valence-corrected chi connectivity index (χ4v) is 3.18. The Morgan fingerprint density at radius 1 is 1.32 bits per heavy atom. The second-order valence-electron chi connectivity index (χ2n) is 7.19. The molecule has 1 saturated carbocycles. The number of rotatable bonds is 8. The summed E-state index contributed by atoms with van der Waals surface area (Å²) in [6.45, 7) is 1.98. The standard InChI is InChI=1S/C21H23ClN4O2/c1-2-3-4-5-18-24-17(15-6-8-16(22)9-7-15)12-20(28)26(18)13-19(27)25-21(14-23)10-11-21/h6-9,12H,2-5,10-11,13H2,1H3,(H,25,27). The third kappa shape index (κ3) is 4.79. The fourth-order valence-electron chi connectivity index (χ4n) is 3.06. The summed E-state index contributed by atoms with van der Waals surface area (Å²) >= 11 is 5.94. The molecule has 2 aromatic rings. The first-order valence-corrected chi connectivity index (χ1v) is 9.93. The number of unbranched alkanes of at least 4 members (excludes halogenated alkanes) is 2. The summed E-state index contributed by atoms with van der Waals surface area (Å²) in [7, 11) is 0. The zero-order valence-corrected chi connectivity index (χ0v) is 16.6. The number of nitrogens with zero attached hydrogens (tertiary/aromatic N) is 3. The lowest BCUT2D eigenvalue weighted by Crippen LogP contribution is -2.40. The van der Waals surface area contributed by atoms with E-state index in [2.05, 4.69) is 23.3 Å². The van der Waals surface area contributed by atoms with E-state index >= 15 is 0 Å². The Hall–Kier alpha value is -2.65. The lowest BCUT2D eigenvalue weighted by atomic mass is 10.1. The van der Waals surface area contributed by atoms with Gasteiger partial charge in [0.1, 0.15) is 17.9 Å². The summed E-state index contributed by atoms with van der Waals surface area (Å²) in [6.07, 6.45) is 4.87. The number of carbonyl (C=O) groups excluding carboxylic acids is 1. The highest BCUT2D eigenvalue weighted by molar-refractivity contribution is 6.30. The Kier molecular flexibility index (Phi) is 6.15. The van der Waals surface area contributed by atoms with E-state index in [-0.39, 0.29) is 18.0 Å². The lowest BCUT2D eigenvalue weighted by molar-refractivity contribution is -0.122. The number of carbonyl (C=O) groups is 1. The molecule has 1 aliphatic carbocycles. The Balaban J connectivity index is 1.89. The predicted molar refractivity (Wildman–Crippen MR) is 108 cm³/mol. The van der Waals surface area contributed by atoms with Crippen LogP contribution in [0.25, 0.3) is 11.3 Å². The summed E-state index contributed by atoms with van der Waals surface area (Å²) in [6, 6.07) is 10.7. The SMILES string of the molecule is CCCCCc1nc(-c2ccc(Cl)cc2)cc(=O)n1CC(=O)NC1(C#N)CC1. The summed E-state index contributed by atoms with van der Waals surface area (Å²) in [5.74, 6) is 0.252. The number of hydrogen-bond acceptors (Lipinski definition) is 4. The molecule has 28 heavy (non-hydrogen) atoms. The highest BCUT2D eigenvalue weighted by Crippen LogP contribution is 2.34. The smallest absolute Gasteiger partial charge is 0.254 e. The molecule has 0 bridgehead atoms. The molecule has 0 radical (unpaired) electrons.